The molecule has 0 N–H and O–H groups in total. The number of nitro groups is 1. The lowest BCUT2D eigenvalue weighted by atomic mass is 9.99. The van der Waals surface area contributed by atoms with Crippen molar-refractivity contribution in [3.63, 3.8) is 0 Å². The Labute approximate surface area is 96.4 Å². The minimum Gasteiger partial charge on any atom is -0.292 e. The van der Waals surface area contributed by atoms with E-state index in [2.05, 4.69) is 0 Å². The molecule has 1 atom stereocenters. The van der Waals surface area contributed by atoms with E-state index in [-0.39, 0.29) is 16.3 Å². The van der Waals surface area contributed by atoms with Crippen LogP contribution in [0.3, 0.4) is 0 Å². The monoisotopic (exact) mass is 238 g/mol. The highest BCUT2D eigenvalue weighted by molar-refractivity contribution is 6.31. The van der Waals surface area contributed by atoms with Gasteiger partial charge >= 0.3 is 0 Å². The second-order valence-electron chi connectivity index (χ2n) is 3.13. The number of carbonyl (C=O) groups excluding carboxylic acids is 1. The van der Waals surface area contributed by atoms with E-state index in [1.54, 1.807) is 6.07 Å². The molecule has 0 radical (unpaired) electrons. The van der Waals surface area contributed by atoms with Gasteiger partial charge in [-0.25, -0.2) is 0 Å². The van der Waals surface area contributed by atoms with Gasteiger partial charge in [0.25, 0.3) is 5.69 Å². The molecule has 1 aromatic rings. The summed E-state index contributed by atoms with van der Waals surface area (Å²) in [6.45, 7) is 1.39. The fourth-order valence-electron chi connectivity index (χ4n) is 1.16. The van der Waals surface area contributed by atoms with E-state index in [4.69, 9.17) is 16.9 Å². The highest BCUT2D eigenvalue weighted by atomic mass is 35.5. The Morgan fingerprint density at radius 1 is 1.62 bits per heavy atom. The molecule has 0 saturated heterocycles. The number of hydrogen-bond acceptors (Lipinski definition) is 4. The first-order chi connectivity index (χ1) is 7.47. The lowest BCUT2D eigenvalue weighted by molar-refractivity contribution is -0.385. The summed E-state index contributed by atoms with van der Waals surface area (Å²) in [5, 5.41) is 19.5. The number of halogens is 1. The number of rotatable bonds is 3. The second-order valence-corrected chi connectivity index (χ2v) is 3.57. The minimum atomic E-state index is -0.917. The maximum atomic E-state index is 11.6. The van der Waals surface area contributed by atoms with Crippen LogP contribution in [0.25, 0.3) is 0 Å². The van der Waals surface area contributed by atoms with Crippen LogP contribution in [0.2, 0.25) is 5.02 Å². The Balaban J connectivity index is 3.29. The van der Waals surface area contributed by atoms with Crippen LogP contribution in [0.5, 0.6) is 0 Å². The van der Waals surface area contributed by atoms with Crippen molar-refractivity contribution < 1.29 is 9.72 Å². The van der Waals surface area contributed by atoms with Crippen molar-refractivity contribution in [1.82, 2.24) is 0 Å². The summed E-state index contributed by atoms with van der Waals surface area (Å²) in [6.07, 6.45) is 0. The standard InChI is InChI=1S/C10H7ClN2O3/c1-6(5-12)10(14)8-3-2-7(11)4-9(8)13(15)16/h2-4,6H,1H3. The fraction of sp³-hybridized carbons (Fsp3) is 0.200. The molecule has 0 aliphatic heterocycles. The smallest absolute Gasteiger partial charge is 0.281 e. The lowest BCUT2D eigenvalue weighted by Gasteiger charge is -2.03. The van der Waals surface area contributed by atoms with Crippen LogP contribution in [-0.2, 0) is 0 Å². The van der Waals surface area contributed by atoms with Crippen molar-refractivity contribution >= 4 is 23.1 Å². The average molecular weight is 239 g/mol. The molecule has 0 spiro atoms. The van der Waals surface area contributed by atoms with E-state index in [1.807, 2.05) is 0 Å². The molecule has 6 heteroatoms. The first kappa shape index (κ1) is 12.1. The summed E-state index contributed by atoms with van der Waals surface area (Å²) in [5.74, 6) is -1.49. The predicted molar refractivity (Wildman–Crippen MR) is 57.2 cm³/mol. The Kier molecular flexibility index (Phi) is 3.59. The molecule has 1 rings (SSSR count). The topological polar surface area (TPSA) is 84.0 Å². The molecule has 1 unspecified atom stereocenters. The number of ketones is 1. The van der Waals surface area contributed by atoms with Crippen molar-refractivity contribution in [3.05, 3.63) is 38.9 Å². The van der Waals surface area contributed by atoms with Gasteiger partial charge in [-0.2, -0.15) is 5.26 Å². The maximum Gasteiger partial charge on any atom is 0.281 e. The molecular weight excluding hydrogens is 232 g/mol. The maximum absolute atomic E-state index is 11.6. The average Bonchev–Trinajstić information content (AvgIpc) is 2.26. The van der Waals surface area contributed by atoms with Gasteiger partial charge in [-0.05, 0) is 19.1 Å². The molecule has 0 heterocycles. The fourth-order valence-corrected chi connectivity index (χ4v) is 1.32. The molecular formula is C10H7ClN2O3. The third-order valence-electron chi connectivity index (χ3n) is 2.01. The number of nitrogens with zero attached hydrogens (tertiary/aromatic N) is 2. The number of benzene rings is 1. The number of Topliss-reactive ketones (excluding diaryl/α,β-unsaturated/α-hetero) is 1. The first-order valence-electron chi connectivity index (χ1n) is 4.35. The van der Waals surface area contributed by atoms with Crippen LogP contribution in [0.4, 0.5) is 5.69 Å². The summed E-state index contributed by atoms with van der Waals surface area (Å²) in [7, 11) is 0. The van der Waals surface area contributed by atoms with Gasteiger partial charge in [0.15, 0.2) is 5.78 Å². The van der Waals surface area contributed by atoms with Crippen molar-refractivity contribution in [2.75, 3.05) is 0 Å². The van der Waals surface area contributed by atoms with Crippen molar-refractivity contribution in [2.45, 2.75) is 6.92 Å². The van der Waals surface area contributed by atoms with E-state index in [9.17, 15) is 14.9 Å². The highest BCUT2D eigenvalue weighted by Crippen LogP contribution is 2.25. The zero-order valence-electron chi connectivity index (χ0n) is 8.31. The Morgan fingerprint density at radius 3 is 2.75 bits per heavy atom. The molecule has 0 aromatic heterocycles. The van der Waals surface area contributed by atoms with Gasteiger partial charge in [0.05, 0.1) is 16.6 Å². The number of nitro benzene ring substituents is 1. The van der Waals surface area contributed by atoms with E-state index < -0.39 is 16.6 Å². The molecule has 82 valence electrons. The van der Waals surface area contributed by atoms with Gasteiger partial charge in [-0.3, -0.25) is 14.9 Å². The summed E-state index contributed by atoms with van der Waals surface area (Å²) in [4.78, 5) is 21.7. The number of nitriles is 1. The third-order valence-corrected chi connectivity index (χ3v) is 2.24. The molecule has 1 aromatic carbocycles. The Bertz CT molecular complexity index is 493. The van der Waals surface area contributed by atoms with Crippen LogP contribution >= 0.6 is 11.6 Å². The number of hydrogen-bond donors (Lipinski definition) is 0. The zero-order valence-corrected chi connectivity index (χ0v) is 9.06. The van der Waals surface area contributed by atoms with Gasteiger partial charge in [-0.1, -0.05) is 11.6 Å². The van der Waals surface area contributed by atoms with Crippen LogP contribution in [-0.4, -0.2) is 10.7 Å². The summed E-state index contributed by atoms with van der Waals surface area (Å²) in [6, 6.07) is 5.48. The van der Waals surface area contributed by atoms with Crippen molar-refractivity contribution in [2.24, 2.45) is 5.92 Å². The van der Waals surface area contributed by atoms with Crippen LogP contribution in [0.15, 0.2) is 18.2 Å². The quantitative estimate of drug-likeness (QED) is 0.460. The molecule has 0 aliphatic rings. The van der Waals surface area contributed by atoms with Gasteiger partial charge in [0.2, 0.25) is 0 Å². The lowest BCUT2D eigenvalue weighted by Crippen LogP contribution is -2.11. The van der Waals surface area contributed by atoms with Crippen LogP contribution in [0.1, 0.15) is 17.3 Å². The molecule has 0 fully saturated rings. The normalized spacial score (nSPS) is 11.6. The molecule has 0 aliphatic carbocycles. The van der Waals surface area contributed by atoms with E-state index in [0.29, 0.717) is 0 Å². The van der Waals surface area contributed by atoms with Gasteiger partial charge in [-0.15, -0.1) is 0 Å². The molecule has 0 saturated carbocycles. The minimum absolute atomic E-state index is 0.0940. The van der Waals surface area contributed by atoms with Crippen molar-refractivity contribution in [1.29, 1.82) is 5.26 Å². The van der Waals surface area contributed by atoms with Gasteiger partial charge in [0.1, 0.15) is 5.92 Å². The Hall–Kier alpha value is -1.93. The van der Waals surface area contributed by atoms with Crippen LogP contribution < -0.4 is 0 Å². The predicted octanol–water partition coefficient (Wildman–Crippen LogP) is 2.59. The largest absolute Gasteiger partial charge is 0.292 e. The Morgan fingerprint density at radius 2 is 2.25 bits per heavy atom. The van der Waals surface area contributed by atoms with Gasteiger partial charge in [0, 0.05) is 11.1 Å². The molecule has 16 heavy (non-hydrogen) atoms. The van der Waals surface area contributed by atoms with Crippen molar-refractivity contribution in [3.8, 4) is 6.07 Å². The van der Waals surface area contributed by atoms with Crippen LogP contribution in [0, 0.1) is 27.4 Å². The highest BCUT2D eigenvalue weighted by Gasteiger charge is 2.24. The molecule has 5 nitrogen and oxygen atoms in total. The zero-order chi connectivity index (χ0) is 12.3. The van der Waals surface area contributed by atoms with E-state index in [1.165, 1.54) is 19.1 Å². The molecule has 0 amide bonds. The summed E-state index contributed by atoms with van der Waals surface area (Å²) < 4.78 is 0. The summed E-state index contributed by atoms with van der Waals surface area (Å²) in [5.41, 5.74) is -0.469. The SMILES string of the molecule is CC(C#N)C(=O)c1ccc(Cl)cc1[N+](=O)[O-]. The first-order valence-corrected chi connectivity index (χ1v) is 4.73. The van der Waals surface area contributed by atoms with E-state index >= 15 is 0 Å². The molecule has 0 bridgehead atoms. The van der Waals surface area contributed by atoms with Gasteiger partial charge < -0.3 is 0 Å². The summed E-state index contributed by atoms with van der Waals surface area (Å²) >= 11 is 5.60. The van der Waals surface area contributed by atoms with E-state index in [0.717, 1.165) is 6.07 Å². The second kappa shape index (κ2) is 4.73. The third kappa shape index (κ3) is 2.35. The number of carbonyl (C=O) groups is 1.